The van der Waals surface area contributed by atoms with Gasteiger partial charge >= 0.3 is 0 Å². The lowest BCUT2D eigenvalue weighted by molar-refractivity contribution is 0.154. The first-order valence-corrected chi connectivity index (χ1v) is 6.72. The molecule has 1 saturated heterocycles. The van der Waals surface area contributed by atoms with Gasteiger partial charge in [0, 0.05) is 24.6 Å². The minimum absolute atomic E-state index is 0.251. The van der Waals surface area contributed by atoms with E-state index in [9.17, 15) is 5.11 Å². The van der Waals surface area contributed by atoms with Gasteiger partial charge in [0.05, 0.1) is 6.10 Å². The van der Waals surface area contributed by atoms with Crippen molar-refractivity contribution < 1.29 is 5.11 Å². The molecule has 1 aliphatic heterocycles. The summed E-state index contributed by atoms with van der Waals surface area (Å²) in [6.45, 7) is 3.56. The molecule has 0 radical (unpaired) electrons. The predicted octanol–water partition coefficient (Wildman–Crippen LogP) is 1.21. The molecular weight excluding hydrogens is 228 g/mol. The van der Waals surface area contributed by atoms with Gasteiger partial charge < -0.3 is 15.7 Å². The summed E-state index contributed by atoms with van der Waals surface area (Å²) in [5.74, 6) is 2.89. The predicted molar refractivity (Wildman–Crippen MR) is 70.6 cm³/mol. The van der Waals surface area contributed by atoms with Crippen LogP contribution < -0.4 is 10.6 Å². The lowest BCUT2D eigenvalue weighted by Gasteiger charge is -2.32. The van der Waals surface area contributed by atoms with Crippen molar-refractivity contribution in [3.05, 3.63) is 11.4 Å². The molecule has 0 aromatic carbocycles. The smallest absolute Gasteiger partial charge is 0.137 e. The lowest BCUT2D eigenvalue weighted by Crippen LogP contribution is -2.39. The number of rotatable bonds is 2. The topological polar surface area (TPSA) is 75.3 Å². The molecule has 0 amide bonds. The van der Waals surface area contributed by atoms with E-state index in [-0.39, 0.29) is 6.10 Å². The van der Waals surface area contributed by atoms with Gasteiger partial charge in [0.1, 0.15) is 17.5 Å². The number of piperidine rings is 1. The number of anilines is 2. The molecule has 0 bridgehead atoms. The number of aliphatic hydroxyl groups excluding tert-OH is 1. The zero-order chi connectivity index (χ0) is 12.7. The van der Waals surface area contributed by atoms with E-state index in [4.69, 9.17) is 5.73 Å². The molecule has 2 fully saturated rings. The molecule has 98 valence electrons. The number of hydrogen-bond donors (Lipinski definition) is 2. The summed E-state index contributed by atoms with van der Waals surface area (Å²) in [7, 11) is 0. The fraction of sp³-hybridized carbons (Fsp3) is 0.692. The average molecular weight is 248 g/mol. The summed E-state index contributed by atoms with van der Waals surface area (Å²) in [6, 6.07) is 0. The van der Waals surface area contributed by atoms with Crippen molar-refractivity contribution >= 4 is 11.6 Å². The second-order valence-electron chi connectivity index (χ2n) is 5.43. The number of aliphatic hydroxyl groups is 1. The number of hydrogen-bond acceptors (Lipinski definition) is 5. The number of nitrogens with zero attached hydrogens (tertiary/aromatic N) is 3. The fourth-order valence-electron chi connectivity index (χ4n) is 2.52. The van der Waals surface area contributed by atoms with Crippen LogP contribution in [0.2, 0.25) is 0 Å². The third-order valence-corrected chi connectivity index (χ3v) is 3.81. The third-order valence-electron chi connectivity index (χ3n) is 3.81. The van der Waals surface area contributed by atoms with Crippen molar-refractivity contribution in [2.45, 2.75) is 44.6 Å². The van der Waals surface area contributed by atoms with E-state index in [2.05, 4.69) is 14.9 Å². The summed E-state index contributed by atoms with van der Waals surface area (Å²) in [6.07, 6.45) is 3.98. The van der Waals surface area contributed by atoms with Gasteiger partial charge in [-0.05, 0) is 32.6 Å². The first kappa shape index (κ1) is 11.7. The van der Waals surface area contributed by atoms with Gasteiger partial charge in [-0.1, -0.05) is 0 Å². The van der Waals surface area contributed by atoms with Crippen molar-refractivity contribution in [3.8, 4) is 0 Å². The van der Waals surface area contributed by atoms with Crippen LogP contribution in [0, 0.1) is 6.92 Å². The van der Waals surface area contributed by atoms with E-state index in [0.717, 1.165) is 36.6 Å². The normalized spacial score (nSPS) is 24.3. The van der Waals surface area contributed by atoms with E-state index in [1.807, 2.05) is 6.92 Å². The monoisotopic (exact) mass is 248 g/mol. The molecule has 3 N–H and O–H groups in total. The molecule has 5 nitrogen and oxygen atoms in total. The van der Waals surface area contributed by atoms with Crippen LogP contribution in [0.4, 0.5) is 11.6 Å². The number of β-amino-alcohol motifs (C(OH)–C–C–N with tert-alkyl or cyclic N) is 1. The Morgan fingerprint density at radius 2 is 2.06 bits per heavy atom. The largest absolute Gasteiger partial charge is 0.391 e. The molecule has 1 saturated carbocycles. The van der Waals surface area contributed by atoms with Crippen LogP contribution in [0.15, 0.2) is 0 Å². The molecule has 1 aromatic heterocycles. The Morgan fingerprint density at radius 3 is 2.72 bits per heavy atom. The third kappa shape index (κ3) is 2.14. The molecule has 18 heavy (non-hydrogen) atoms. The van der Waals surface area contributed by atoms with Gasteiger partial charge in [-0.15, -0.1) is 0 Å². The molecule has 3 rings (SSSR count). The Balaban J connectivity index is 1.93. The fourth-order valence-corrected chi connectivity index (χ4v) is 2.52. The minimum Gasteiger partial charge on any atom is -0.391 e. The van der Waals surface area contributed by atoms with E-state index in [0.29, 0.717) is 18.3 Å². The quantitative estimate of drug-likeness (QED) is 0.822. The Morgan fingerprint density at radius 1 is 1.28 bits per heavy atom. The summed E-state index contributed by atoms with van der Waals surface area (Å²) < 4.78 is 0. The molecule has 1 atom stereocenters. The molecule has 0 spiro atoms. The standard InChI is InChI=1S/C13H20N4O/c1-8-11(14)15-12(9-4-5-9)16-13(8)17-6-2-3-10(18)7-17/h9-10,18H,2-7H2,1H3,(H2,14,15,16). The molecule has 2 aliphatic rings. The van der Waals surface area contributed by atoms with Gasteiger partial charge in [0.2, 0.25) is 0 Å². The van der Waals surface area contributed by atoms with Crippen molar-refractivity contribution in [1.29, 1.82) is 0 Å². The Labute approximate surface area is 107 Å². The first-order chi connectivity index (χ1) is 8.65. The lowest BCUT2D eigenvalue weighted by atomic mass is 10.1. The number of nitrogens with two attached hydrogens (primary N) is 1. The molecule has 1 unspecified atom stereocenters. The van der Waals surface area contributed by atoms with Crippen molar-refractivity contribution in [2.24, 2.45) is 0 Å². The zero-order valence-electron chi connectivity index (χ0n) is 10.8. The van der Waals surface area contributed by atoms with Gasteiger partial charge in [-0.2, -0.15) is 0 Å². The molecular formula is C13H20N4O. The van der Waals surface area contributed by atoms with Gasteiger partial charge in [-0.3, -0.25) is 0 Å². The molecule has 1 aromatic rings. The van der Waals surface area contributed by atoms with E-state index < -0.39 is 0 Å². The van der Waals surface area contributed by atoms with Crippen molar-refractivity contribution in [1.82, 2.24) is 9.97 Å². The minimum atomic E-state index is -0.251. The molecule has 2 heterocycles. The van der Waals surface area contributed by atoms with Crippen LogP contribution in [0.25, 0.3) is 0 Å². The zero-order valence-corrected chi connectivity index (χ0v) is 10.8. The molecule has 5 heteroatoms. The highest BCUT2D eigenvalue weighted by molar-refractivity contribution is 5.57. The maximum absolute atomic E-state index is 9.78. The van der Waals surface area contributed by atoms with Gasteiger partial charge in [0.15, 0.2) is 0 Å². The van der Waals surface area contributed by atoms with Crippen LogP contribution in [0.3, 0.4) is 0 Å². The van der Waals surface area contributed by atoms with Gasteiger partial charge in [-0.25, -0.2) is 9.97 Å². The van der Waals surface area contributed by atoms with E-state index in [1.54, 1.807) is 0 Å². The highest BCUT2D eigenvalue weighted by atomic mass is 16.3. The van der Waals surface area contributed by atoms with E-state index >= 15 is 0 Å². The SMILES string of the molecule is Cc1c(N)nc(C2CC2)nc1N1CCCC(O)C1. The van der Waals surface area contributed by atoms with Crippen molar-refractivity contribution in [3.63, 3.8) is 0 Å². The van der Waals surface area contributed by atoms with Crippen LogP contribution in [0.5, 0.6) is 0 Å². The second-order valence-corrected chi connectivity index (χ2v) is 5.43. The van der Waals surface area contributed by atoms with Crippen LogP contribution >= 0.6 is 0 Å². The Hall–Kier alpha value is -1.36. The van der Waals surface area contributed by atoms with Crippen LogP contribution in [0.1, 0.15) is 43.0 Å². The summed E-state index contributed by atoms with van der Waals surface area (Å²) in [5, 5.41) is 9.78. The maximum Gasteiger partial charge on any atom is 0.137 e. The maximum atomic E-state index is 9.78. The summed E-state index contributed by atoms with van der Waals surface area (Å²) >= 11 is 0. The summed E-state index contributed by atoms with van der Waals surface area (Å²) in [5.41, 5.74) is 6.93. The highest BCUT2D eigenvalue weighted by Gasteiger charge is 2.29. The summed E-state index contributed by atoms with van der Waals surface area (Å²) in [4.78, 5) is 11.2. The molecule has 1 aliphatic carbocycles. The van der Waals surface area contributed by atoms with E-state index in [1.165, 1.54) is 12.8 Å². The Bertz CT molecular complexity index is 459. The second kappa shape index (κ2) is 4.39. The van der Waals surface area contributed by atoms with Crippen LogP contribution in [-0.4, -0.2) is 34.3 Å². The van der Waals surface area contributed by atoms with Crippen molar-refractivity contribution in [2.75, 3.05) is 23.7 Å². The first-order valence-electron chi connectivity index (χ1n) is 6.72. The van der Waals surface area contributed by atoms with Gasteiger partial charge in [0.25, 0.3) is 0 Å². The van der Waals surface area contributed by atoms with Crippen LogP contribution in [-0.2, 0) is 0 Å². The Kier molecular flexibility index (Phi) is 2.86. The number of aromatic nitrogens is 2. The average Bonchev–Trinajstić information content (AvgIpc) is 3.16. The number of nitrogen functional groups attached to an aromatic ring is 1. The highest BCUT2D eigenvalue weighted by Crippen LogP contribution is 2.39.